The summed E-state index contributed by atoms with van der Waals surface area (Å²) in [6.07, 6.45) is 2.29. The Morgan fingerprint density at radius 1 is 1.19 bits per heavy atom. The van der Waals surface area contributed by atoms with Crippen LogP contribution in [0, 0.1) is 0 Å². The molecule has 0 bridgehead atoms. The van der Waals surface area contributed by atoms with Crippen molar-refractivity contribution in [2.45, 2.75) is 26.7 Å². The summed E-state index contributed by atoms with van der Waals surface area (Å²) in [6.45, 7) is 10.4. The second kappa shape index (κ2) is 6.21. The molecule has 0 fully saturated rings. The largest absolute Gasteiger partial charge is 0.399 e. The van der Waals surface area contributed by atoms with Gasteiger partial charge in [-0.05, 0) is 18.9 Å². The zero-order valence-corrected chi connectivity index (χ0v) is 10.4. The van der Waals surface area contributed by atoms with Gasteiger partial charge in [0.1, 0.15) is 0 Å². The minimum Gasteiger partial charge on any atom is -0.399 e. The molecule has 0 aliphatic rings. The van der Waals surface area contributed by atoms with Gasteiger partial charge in [0, 0.05) is 30.0 Å². The van der Waals surface area contributed by atoms with E-state index in [0.29, 0.717) is 5.70 Å². The smallest absolute Gasteiger partial charge is 0.0460 e. The molecule has 88 valence electrons. The Bertz CT molecular complexity index is 338. The highest BCUT2D eigenvalue weighted by Crippen LogP contribution is 2.24. The molecule has 2 heteroatoms. The fraction of sp³-hybridized carbons (Fsp3) is 0.429. The quantitative estimate of drug-likeness (QED) is 0.794. The maximum absolute atomic E-state index is 5.82. The van der Waals surface area contributed by atoms with Crippen molar-refractivity contribution >= 4 is 11.4 Å². The molecular weight excluding hydrogens is 196 g/mol. The van der Waals surface area contributed by atoms with Gasteiger partial charge in [-0.1, -0.05) is 38.6 Å². The molecule has 1 rings (SSSR count). The number of rotatable bonds is 6. The highest BCUT2D eigenvalue weighted by Gasteiger charge is 2.09. The van der Waals surface area contributed by atoms with Crippen molar-refractivity contribution in [2.24, 2.45) is 5.73 Å². The first kappa shape index (κ1) is 12.6. The van der Waals surface area contributed by atoms with Crippen molar-refractivity contribution in [1.29, 1.82) is 0 Å². The maximum atomic E-state index is 5.82. The van der Waals surface area contributed by atoms with E-state index < -0.39 is 0 Å². The topological polar surface area (TPSA) is 29.3 Å². The lowest BCUT2D eigenvalue weighted by Gasteiger charge is -2.26. The van der Waals surface area contributed by atoms with Crippen molar-refractivity contribution in [3.05, 3.63) is 36.4 Å². The molecule has 0 saturated carbocycles. The fourth-order valence-electron chi connectivity index (χ4n) is 1.91. The summed E-state index contributed by atoms with van der Waals surface area (Å²) in [5.41, 5.74) is 8.74. The lowest BCUT2D eigenvalue weighted by molar-refractivity contribution is 0.744. The van der Waals surface area contributed by atoms with E-state index in [0.717, 1.165) is 31.5 Å². The molecule has 0 unspecified atom stereocenters. The Labute approximate surface area is 98.8 Å². The zero-order valence-electron chi connectivity index (χ0n) is 10.4. The molecule has 2 nitrogen and oxygen atoms in total. The monoisotopic (exact) mass is 218 g/mol. The molecule has 0 atom stereocenters. The van der Waals surface area contributed by atoms with Crippen LogP contribution >= 0.6 is 0 Å². The summed E-state index contributed by atoms with van der Waals surface area (Å²) in [5.74, 6) is 0. The molecular formula is C14H22N2. The summed E-state index contributed by atoms with van der Waals surface area (Å²) >= 11 is 0. The highest BCUT2D eigenvalue weighted by molar-refractivity contribution is 5.73. The van der Waals surface area contributed by atoms with Gasteiger partial charge >= 0.3 is 0 Å². The average Bonchev–Trinajstić information content (AvgIpc) is 2.29. The Morgan fingerprint density at radius 2 is 1.75 bits per heavy atom. The van der Waals surface area contributed by atoms with E-state index >= 15 is 0 Å². The number of hydrogen-bond donors (Lipinski definition) is 1. The van der Waals surface area contributed by atoms with E-state index in [9.17, 15) is 0 Å². The molecule has 0 spiro atoms. The predicted molar refractivity (Wildman–Crippen MR) is 72.5 cm³/mol. The number of nitrogens with two attached hydrogens (primary N) is 1. The molecule has 0 amide bonds. The van der Waals surface area contributed by atoms with Gasteiger partial charge in [0.05, 0.1) is 0 Å². The standard InChI is InChI=1S/C14H22N2/c1-4-10-16(11-5-2)14-9-7-6-8-13(14)12(3)15/h6-9H,3-5,10-11,15H2,1-2H3. The predicted octanol–water partition coefficient (Wildman–Crippen LogP) is 3.24. The SMILES string of the molecule is C=C(N)c1ccccc1N(CCC)CCC. The van der Waals surface area contributed by atoms with Gasteiger partial charge in [-0.25, -0.2) is 0 Å². The first-order valence-corrected chi connectivity index (χ1v) is 5.99. The third-order valence-corrected chi connectivity index (χ3v) is 2.58. The number of anilines is 1. The van der Waals surface area contributed by atoms with Crippen LogP contribution in [0.5, 0.6) is 0 Å². The van der Waals surface area contributed by atoms with Gasteiger partial charge in [-0.15, -0.1) is 0 Å². The average molecular weight is 218 g/mol. The van der Waals surface area contributed by atoms with E-state index in [1.165, 1.54) is 5.69 Å². The summed E-state index contributed by atoms with van der Waals surface area (Å²) < 4.78 is 0. The molecule has 16 heavy (non-hydrogen) atoms. The van der Waals surface area contributed by atoms with Gasteiger partial charge in [0.25, 0.3) is 0 Å². The van der Waals surface area contributed by atoms with Crippen LogP contribution in [-0.2, 0) is 0 Å². The Morgan fingerprint density at radius 3 is 2.25 bits per heavy atom. The van der Waals surface area contributed by atoms with E-state index in [4.69, 9.17) is 5.73 Å². The van der Waals surface area contributed by atoms with Gasteiger partial charge < -0.3 is 10.6 Å². The van der Waals surface area contributed by atoms with Crippen molar-refractivity contribution in [3.8, 4) is 0 Å². The third kappa shape index (κ3) is 3.02. The maximum Gasteiger partial charge on any atom is 0.0460 e. The van der Waals surface area contributed by atoms with Crippen LogP contribution in [0.1, 0.15) is 32.3 Å². The number of para-hydroxylation sites is 1. The summed E-state index contributed by atoms with van der Waals surface area (Å²) in [5, 5.41) is 0. The second-order valence-electron chi connectivity index (χ2n) is 4.03. The normalized spacial score (nSPS) is 10.1. The first-order valence-electron chi connectivity index (χ1n) is 5.99. The molecule has 0 aliphatic carbocycles. The van der Waals surface area contributed by atoms with Crippen molar-refractivity contribution < 1.29 is 0 Å². The lowest BCUT2D eigenvalue weighted by Crippen LogP contribution is -2.26. The molecule has 1 aromatic rings. The van der Waals surface area contributed by atoms with Crippen LogP contribution < -0.4 is 10.6 Å². The Balaban J connectivity index is 3.02. The van der Waals surface area contributed by atoms with Crippen LogP contribution in [0.2, 0.25) is 0 Å². The number of hydrogen-bond acceptors (Lipinski definition) is 2. The van der Waals surface area contributed by atoms with E-state index in [-0.39, 0.29) is 0 Å². The highest BCUT2D eigenvalue weighted by atomic mass is 15.1. The molecule has 0 radical (unpaired) electrons. The lowest BCUT2D eigenvalue weighted by atomic mass is 10.1. The molecule has 0 heterocycles. The second-order valence-corrected chi connectivity index (χ2v) is 4.03. The summed E-state index contributed by atoms with van der Waals surface area (Å²) in [6, 6.07) is 8.22. The summed E-state index contributed by atoms with van der Waals surface area (Å²) in [7, 11) is 0. The minimum absolute atomic E-state index is 0.646. The van der Waals surface area contributed by atoms with Gasteiger partial charge in [0.15, 0.2) is 0 Å². The van der Waals surface area contributed by atoms with Gasteiger partial charge in [-0.3, -0.25) is 0 Å². The van der Waals surface area contributed by atoms with Crippen LogP contribution in [0.15, 0.2) is 30.8 Å². The number of benzene rings is 1. The van der Waals surface area contributed by atoms with E-state index in [1.807, 2.05) is 12.1 Å². The first-order chi connectivity index (χ1) is 7.70. The van der Waals surface area contributed by atoms with Crippen molar-refractivity contribution in [1.82, 2.24) is 0 Å². The van der Waals surface area contributed by atoms with Gasteiger partial charge in [-0.2, -0.15) is 0 Å². The Kier molecular flexibility index (Phi) is 4.90. The summed E-state index contributed by atoms with van der Waals surface area (Å²) in [4.78, 5) is 2.38. The molecule has 0 aliphatic heterocycles. The Hall–Kier alpha value is -1.44. The van der Waals surface area contributed by atoms with Gasteiger partial charge in [0.2, 0.25) is 0 Å². The molecule has 2 N–H and O–H groups in total. The molecule has 0 aromatic heterocycles. The van der Waals surface area contributed by atoms with E-state index in [2.05, 4.69) is 37.5 Å². The van der Waals surface area contributed by atoms with E-state index in [1.54, 1.807) is 0 Å². The van der Waals surface area contributed by atoms with Crippen LogP contribution in [-0.4, -0.2) is 13.1 Å². The van der Waals surface area contributed by atoms with Crippen LogP contribution in [0.4, 0.5) is 5.69 Å². The minimum atomic E-state index is 0.646. The molecule has 0 saturated heterocycles. The fourth-order valence-corrected chi connectivity index (χ4v) is 1.91. The van der Waals surface area contributed by atoms with Crippen molar-refractivity contribution in [2.75, 3.05) is 18.0 Å². The zero-order chi connectivity index (χ0) is 12.0. The third-order valence-electron chi connectivity index (χ3n) is 2.58. The molecule has 1 aromatic carbocycles. The number of nitrogens with zero attached hydrogens (tertiary/aromatic N) is 1. The van der Waals surface area contributed by atoms with Crippen LogP contribution in [0.3, 0.4) is 0 Å². The van der Waals surface area contributed by atoms with Crippen molar-refractivity contribution in [3.63, 3.8) is 0 Å². The van der Waals surface area contributed by atoms with Crippen LogP contribution in [0.25, 0.3) is 5.70 Å².